The third kappa shape index (κ3) is 5.09. The molecule has 6 heteroatoms. The van der Waals surface area contributed by atoms with E-state index in [0.717, 1.165) is 24.2 Å². The minimum absolute atomic E-state index is 0.261. The molecule has 0 aliphatic carbocycles. The van der Waals surface area contributed by atoms with Crippen LogP contribution in [-0.2, 0) is 22.7 Å². The standard InChI is InChI=1S/C16H26N4O2/c1-15(2,3)19(11-21)9-13-7-8-14(18-17-13)10-20(12-22)16(4,5)6/h7-8,11-12H,9-10H2,1-6H3. The van der Waals surface area contributed by atoms with Gasteiger partial charge in [-0.05, 0) is 53.7 Å². The van der Waals surface area contributed by atoms with Crippen LogP contribution in [0, 0.1) is 0 Å². The highest BCUT2D eigenvalue weighted by atomic mass is 16.1. The van der Waals surface area contributed by atoms with E-state index in [1.807, 2.05) is 53.7 Å². The summed E-state index contributed by atoms with van der Waals surface area (Å²) >= 11 is 0. The number of carbonyl (C=O) groups is 2. The highest BCUT2D eigenvalue weighted by Gasteiger charge is 2.21. The molecule has 0 fully saturated rings. The molecule has 0 N–H and O–H groups in total. The lowest BCUT2D eigenvalue weighted by Gasteiger charge is -2.32. The first-order valence-corrected chi connectivity index (χ1v) is 7.33. The van der Waals surface area contributed by atoms with Crippen molar-refractivity contribution in [3.63, 3.8) is 0 Å². The van der Waals surface area contributed by atoms with Gasteiger partial charge in [-0.3, -0.25) is 9.59 Å². The van der Waals surface area contributed by atoms with Gasteiger partial charge in [-0.2, -0.15) is 10.2 Å². The largest absolute Gasteiger partial charge is 0.334 e. The van der Waals surface area contributed by atoms with Crippen LogP contribution in [0.4, 0.5) is 0 Å². The van der Waals surface area contributed by atoms with Crippen LogP contribution in [-0.4, -0.2) is 43.9 Å². The molecule has 6 nitrogen and oxygen atoms in total. The van der Waals surface area contributed by atoms with Crippen molar-refractivity contribution in [2.45, 2.75) is 65.7 Å². The smallest absolute Gasteiger partial charge is 0.210 e. The van der Waals surface area contributed by atoms with Gasteiger partial charge < -0.3 is 9.80 Å². The van der Waals surface area contributed by atoms with Gasteiger partial charge in [0.25, 0.3) is 0 Å². The molecular weight excluding hydrogens is 280 g/mol. The second kappa shape index (κ2) is 6.85. The molecule has 0 aromatic carbocycles. The quantitative estimate of drug-likeness (QED) is 0.754. The molecule has 0 aliphatic rings. The molecule has 1 aromatic rings. The van der Waals surface area contributed by atoms with Crippen LogP contribution < -0.4 is 0 Å². The van der Waals surface area contributed by atoms with Crippen molar-refractivity contribution < 1.29 is 9.59 Å². The molecule has 22 heavy (non-hydrogen) atoms. The highest BCUT2D eigenvalue weighted by molar-refractivity contribution is 5.49. The molecule has 0 aliphatic heterocycles. The average Bonchev–Trinajstić information content (AvgIpc) is 2.40. The first-order valence-electron chi connectivity index (χ1n) is 7.33. The molecule has 0 saturated carbocycles. The van der Waals surface area contributed by atoms with E-state index in [-0.39, 0.29) is 11.1 Å². The van der Waals surface area contributed by atoms with E-state index in [1.54, 1.807) is 9.80 Å². The first-order chi connectivity index (χ1) is 10.1. The number of carbonyl (C=O) groups excluding carboxylic acids is 2. The molecule has 0 saturated heterocycles. The van der Waals surface area contributed by atoms with Crippen LogP contribution in [0.15, 0.2) is 12.1 Å². The van der Waals surface area contributed by atoms with Gasteiger partial charge in [-0.25, -0.2) is 0 Å². The number of nitrogens with zero attached hydrogens (tertiary/aromatic N) is 4. The molecule has 1 heterocycles. The maximum Gasteiger partial charge on any atom is 0.210 e. The Labute approximate surface area is 132 Å². The van der Waals surface area contributed by atoms with Crippen molar-refractivity contribution in [1.82, 2.24) is 20.0 Å². The van der Waals surface area contributed by atoms with Gasteiger partial charge in [-0.1, -0.05) is 0 Å². The van der Waals surface area contributed by atoms with Gasteiger partial charge in [-0.15, -0.1) is 0 Å². The summed E-state index contributed by atoms with van der Waals surface area (Å²) in [6, 6.07) is 3.69. The molecule has 0 unspecified atom stereocenters. The van der Waals surface area contributed by atoms with E-state index < -0.39 is 0 Å². The second-order valence-corrected chi connectivity index (χ2v) is 7.32. The van der Waals surface area contributed by atoms with Gasteiger partial charge in [0.05, 0.1) is 24.5 Å². The predicted molar refractivity (Wildman–Crippen MR) is 84.8 cm³/mol. The second-order valence-electron chi connectivity index (χ2n) is 7.32. The van der Waals surface area contributed by atoms with E-state index in [0.29, 0.717) is 13.1 Å². The Hall–Kier alpha value is -1.98. The van der Waals surface area contributed by atoms with Gasteiger partial charge in [0, 0.05) is 11.1 Å². The molecule has 2 amide bonds. The van der Waals surface area contributed by atoms with Crippen molar-refractivity contribution in [1.29, 1.82) is 0 Å². The van der Waals surface area contributed by atoms with Crippen LogP contribution >= 0.6 is 0 Å². The van der Waals surface area contributed by atoms with E-state index in [4.69, 9.17) is 0 Å². The molecule has 0 atom stereocenters. The Morgan fingerprint density at radius 2 is 1.14 bits per heavy atom. The first kappa shape index (κ1) is 18.1. The summed E-state index contributed by atoms with van der Waals surface area (Å²) in [5, 5.41) is 8.31. The van der Waals surface area contributed by atoms with Crippen LogP contribution in [0.1, 0.15) is 52.9 Å². The molecule has 0 spiro atoms. The summed E-state index contributed by atoms with van der Waals surface area (Å²) in [5.41, 5.74) is 0.920. The summed E-state index contributed by atoms with van der Waals surface area (Å²) in [6.45, 7) is 12.6. The number of hydrogen-bond acceptors (Lipinski definition) is 4. The lowest BCUT2D eigenvalue weighted by atomic mass is 10.1. The van der Waals surface area contributed by atoms with Crippen LogP contribution in [0.25, 0.3) is 0 Å². The highest BCUT2D eigenvalue weighted by Crippen LogP contribution is 2.16. The zero-order valence-corrected chi connectivity index (χ0v) is 14.3. The number of rotatable bonds is 6. The average molecular weight is 306 g/mol. The van der Waals surface area contributed by atoms with Crippen molar-refractivity contribution >= 4 is 12.8 Å². The van der Waals surface area contributed by atoms with E-state index >= 15 is 0 Å². The SMILES string of the molecule is CC(C)(C)N(C=O)Cc1ccc(CN(C=O)C(C)(C)C)nn1. The van der Waals surface area contributed by atoms with Gasteiger partial charge in [0.15, 0.2) is 0 Å². The molecular formula is C16H26N4O2. The zero-order chi connectivity index (χ0) is 17.0. The summed E-state index contributed by atoms with van der Waals surface area (Å²) in [6.07, 6.45) is 1.65. The Morgan fingerprint density at radius 1 is 0.818 bits per heavy atom. The van der Waals surface area contributed by atoms with Crippen LogP contribution in [0.5, 0.6) is 0 Å². The topological polar surface area (TPSA) is 66.4 Å². The molecule has 122 valence electrons. The molecule has 0 radical (unpaired) electrons. The Bertz CT molecular complexity index is 453. The lowest BCUT2D eigenvalue weighted by Crippen LogP contribution is -2.40. The number of amides is 2. The predicted octanol–water partition coefficient (Wildman–Crippen LogP) is 1.99. The normalized spacial score (nSPS) is 11.9. The maximum absolute atomic E-state index is 11.1. The molecule has 1 rings (SSSR count). The summed E-state index contributed by atoms with van der Waals surface area (Å²) < 4.78 is 0. The zero-order valence-electron chi connectivity index (χ0n) is 14.3. The minimum atomic E-state index is -0.261. The summed E-state index contributed by atoms with van der Waals surface area (Å²) in [5.74, 6) is 0. The third-order valence-corrected chi connectivity index (χ3v) is 3.42. The van der Waals surface area contributed by atoms with Crippen molar-refractivity contribution in [2.75, 3.05) is 0 Å². The van der Waals surface area contributed by atoms with Crippen molar-refractivity contribution in [3.05, 3.63) is 23.5 Å². The number of aromatic nitrogens is 2. The molecule has 0 bridgehead atoms. The van der Waals surface area contributed by atoms with Gasteiger partial charge >= 0.3 is 0 Å². The van der Waals surface area contributed by atoms with Crippen LogP contribution in [0.2, 0.25) is 0 Å². The summed E-state index contributed by atoms with van der Waals surface area (Å²) in [4.78, 5) is 25.6. The number of hydrogen-bond donors (Lipinski definition) is 0. The summed E-state index contributed by atoms with van der Waals surface area (Å²) in [7, 11) is 0. The van der Waals surface area contributed by atoms with E-state index in [9.17, 15) is 9.59 Å². The van der Waals surface area contributed by atoms with Crippen molar-refractivity contribution in [3.8, 4) is 0 Å². The van der Waals surface area contributed by atoms with E-state index in [1.165, 1.54) is 0 Å². The lowest BCUT2D eigenvalue weighted by molar-refractivity contribution is -0.124. The third-order valence-electron chi connectivity index (χ3n) is 3.42. The Morgan fingerprint density at radius 3 is 1.32 bits per heavy atom. The Balaban J connectivity index is 2.79. The van der Waals surface area contributed by atoms with Crippen LogP contribution in [0.3, 0.4) is 0 Å². The fourth-order valence-corrected chi connectivity index (χ4v) is 1.77. The fraction of sp³-hybridized carbons (Fsp3) is 0.625. The Kier molecular flexibility index (Phi) is 5.63. The minimum Gasteiger partial charge on any atom is -0.334 e. The fourth-order valence-electron chi connectivity index (χ4n) is 1.77. The van der Waals surface area contributed by atoms with Gasteiger partial charge in [0.1, 0.15) is 0 Å². The van der Waals surface area contributed by atoms with Gasteiger partial charge in [0.2, 0.25) is 12.8 Å². The maximum atomic E-state index is 11.1. The van der Waals surface area contributed by atoms with Crippen molar-refractivity contribution in [2.24, 2.45) is 0 Å². The monoisotopic (exact) mass is 306 g/mol. The van der Waals surface area contributed by atoms with E-state index in [2.05, 4.69) is 10.2 Å². The molecule has 1 aromatic heterocycles.